The minimum atomic E-state index is -0.620. The lowest BCUT2D eigenvalue weighted by Gasteiger charge is -2.20. The molecule has 2 aromatic carbocycles. The Morgan fingerprint density at radius 1 is 1.26 bits per heavy atom. The number of hydrogen-bond donors (Lipinski definition) is 0. The smallest absolute Gasteiger partial charge is 0.263 e. The number of likely N-dealkylation sites (N-methyl/N-ethyl adjacent to an activating group) is 1. The summed E-state index contributed by atoms with van der Waals surface area (Å²) in [4.78, 5) is 18.4. The van der Waals surface area contributed by atoms with Gasteiger partial charge in [-0.1, -0.05) is 50.9 Å². The lowest BCUT2D eigenvalue weighted by atomic mass is 10.2. The van der Waals surface area contributed by atoms with E-state index in [9.17, 15) is 4.79 Å². The second-order valence-corrected chi connectivity index (χ2v) is 7.21. The normalized spacial score (nSPS) is 11.9. The predicted molar refractivity (Wildman–Crippen MR) is 105 cm³/mol. The number of aromatic nitrogens is 2. The van der Waals surface area contributed by atoms with Crippen LogP contribution in [0, 0.1) is 6.92 Å². The summed E-state index contributed by atoms with van der Waals surface area (Å²) in [6, 6.07) is 15.2. The topological polar surface area (TPSA) is 68.5 Å². The molecule has 0 aliphatic rings. The number of carbonyl (C=O) groups is 1. The van der Waals surface area contributed by atoms with E-state index in [4.69, 9.17) is 9.26 Å². The summed E-state index contributed by atoms with van der Waals surface area (Å²) in [5.41, 5.74) is 1.97. The molecule has 0 saturated carbocycles. The Balaban J connectivity index is 1.61. The molecule has 6 nitrogen and oxygen atoms in total. The molecule has 0 fully saturated rings. The Kier molecular flexibility index (Phi) is 5.91. The summed E-state index contributed by atoms with van der Waals surface area (Å²) in [7, 11) is 1.68. The number of ether oxygens (including phenoxy) is 1. The monoisotopic (exact) mass is 429 g/mol. The molecule has 0 spiro atoms. The summed E-state index contributed by atoms with van der Waals surface area (Å²) in [6.07, 6.45) is -0.620. The Labute approximate surface area is 166 Å². The Hall–Kier alpha value is -2.67. The van der Waals surface area contributed by atoms with Crippen LogP contribution in [0.25, 0.3) is 11.4 Å². The molecule has 1 heterocycles. The van der Waals surface area contributed by atoms with Crippen LogP contribution in [0.3, 0.4) is 0 Å². The Morgan fingerprint density at radius 3 is 2.70 bits per heavy atom. The number of halogens is 1. The fraction of sp³-hybridized carbons (Fsp3) is 0.250. The summed E-state index contributed by atoms with van der Waals surface area (Å²) < 4.78 is 11.9. The third kappa shape index (κ3) is 4.95. The van der Waals surface area contributed by atoms with Crippen LogP contribution in [-0.4, -0.2) is 34.1 Å². The van der Waals surface area contributed by atoms with E-state index in [1.54, 1.807) is 14.0 Å². The maximum atomic E-state index is 12.5. The molecule has 1 amide bonds. The first-order chi connectivity index (χ1) is 12.9. The summed E-state index contributed by atoms with van der Waals surface area (Å²) in [6.45, 7) is 3.93. The second kappa shape index (κ2) is 8.35. The fourth-order valence-corrected chi connectivity index (χ4v) is 2.93. The van der Waals surface area contributed by atoms with Crippen LogP contribution in [0.5, 0.6) is 5.75 Å². The molecular formula is C20H20BrN3O3. The van der Waals surface area contributed by atoms with Crippen LogP contribution < -0.4 is 4.74 Å². The van der Waals surface area contributed by atoms with E-state index in [-0.39, 0.29) is 12.5 Å². The zero-order valence-corrected chi connectivity index (χ0v) is 16.9. The molecule has 140 valence electrons. The van der Waals surface area contributed by atoms with Crippen LogP contribution in [-0.2, 0) is 11.3 Å². The molecule has 0 aliphatic carbocycles. The number of benzene rings is 2. The maximum Gasteiger partial charge on any atom is 0.263 e. The molecule has 7 heteroatoms. The van der Waals surface area contributed by atoms with Crippen LogP contribution in [0.2, 0.25) is 0 Å². The second-order valence-electron chi connectivity index (χ2n) is 6.29. The van der Waals surface area contributed by atoms with E-state index in [0.29, 0.717) is 17.5 Å². The lowest BCUT2D eigenvalue weighted by Crippen LogP contribution is -2.37. The van der Waals surface area contributed by atoms with Gasteiger partial charge in [-0.2, -0.15) is 4.98 Å². The highest BCUT2D eigenvalue weighted by molar-refractivity contribution is 9.10. The highest BCUT2D eigenvalue weighted by Gasteiger charge is 2.21. The van der Waals surface area contributed by atoms with Gasteiger partial charge in [0.05, 0.1) is 6.54 Å². The average Bonchev–Trinajstić information content (AvgIpc) is 3.11. The van der Waals surface area contributed by atoms with Crippen LogP contribution >= 0.6 is 15.9 Å². The highest BCUT2D eigenvalue weighted by atomic mass is 79.9. The number of amides is 1. The molecular weight excluding hydrogens is 410 g/mol. The van der Waals surface area contributed by atoms with Crippen molar-refractivity contribution in [2.45, 2.75) is 26.5 Å². The van der Waals surface area contributed by atoms with Crippen molar-refractivity contribution in [1.82, 2.24) is 15.0 Å². The van der Waals surface area contributed by atoms with Crippen molar-refractivity contribution < 1.29 is 14.1 Å². The van der Waals surface area contributed by atoms with E-state index < -0.39 is 6.10 Å². The van der Waals surface area contributed by atoms with Gasteiger partial charge >= 0.3 is 0 Å². The molecule has 0 N–H and O–H groups in total. The predicted octanol–water partition coefficient (Wildman–Crippen LogP) is 4.23. The van der Waals surface area contributed by atoms with E-state index in [1.165, 1.54) is 4.90 Å². The third-order valence-electron chi connectivity index (χ3n) is 3.98. The van der Waals surface area contributed by atoms with E-state index in [2.05, 4.69) is 26.1 Å². The van der Waals surface area contributed by atoms with Crippen molar-refractivity contribution in [2.75, 3.05) is 7.05 Å². The summed E-state index contributed by atoms with van der Waals surface area (Å²) >= 11 is 3.42. The Morgan fingerprint density at radius 2 is 2.00 bits per heavy atom. The van der Waals surface area contributed by atoms with Crippen molar-refractivity contribution in [1.29, 1.82) is 0 Å². The van der Waals surface area contributed by atoms with Crippen molar-refractivity contribution in [3.8, 4) is 17.1 Å². The lowest BCUT2D eigenvalue weighted by molar-refractivity contribution is -0.137. The molecule has 3 rings (SSSR count). The first-order valence-electron chi connectivity index (χ1n) is 8.49. The number of hydrogen-bond acceptors (Lipinski definition) is 5. The van der Waals surface area contributed by atoms with Crippen molar-refractivity contribution in [2.24, 2.45) is 0 Å². The van der Waals surface area contributed by atoms with Gasteiger partial charge in [-0.15, -0.1) is 0 Å². The van der Waals surface area contributed by atoms with Crippen LogP contribution in [0.15, 0.2) is 57.5 Å². The zero-order valence-electron chi connectivity index (χ0n) is 15.3. The van der Waals surface area contributed by atoms with Crippen molar-refractivity contribution >= 4 is 21.8 Å². The molecule has 1 aromatic heterocycles. The maximum absolute atomic E-state index is 12.5. The van der Waals surface area contributed by atoms with Crippen LogP contribution in [0.1, 0.15) is 18.4 Å². The fourth-order valence-electron chi connectivity index (χ4n) is 2.53. The van der Waals surface area contributed by atoms with Gasteiger partial charge in [-0.3, -0.25) is 4.79 Å². The van der Waals surface area contributed by atoms with Gasteiger partial charge in [0.25, 0.3) is 5.91 Å². The molecule has 0 aliphatic heterocycles. The van der Waals surface area contributed by atoms with Gasteiger partial charge in [0.1, 0.15) is 5.75 Å². The number of rotatable bonds is 6. The molecule has 3 aromatic rings. The van der Waals surface area contributed by atoms with Crippen molar-refractivity contribution in [3.05, 3.63) is 64.5 Å². The number of carbonyl (C=O) groups excluding carboxylic acids is 1. The van der Waals surface area contributed by atoms with Crippen molar-refractivity contribution in [3.63, 3.8) is 0 Å². The molecule has 27 heavy (non-hydrogen) atoms. The SMILES string of the molecule is Cc1ccc(O[C@@H](C)C(=O)N(C)Cc2nc(-c3cccc(Br)c3)no2)cc1. The quantitative estimate of drug-likeness (QED) is 0.586. The minimum absolute atomic E-state index is 0.169. The molecule has 0 radical (unpaired) electrons. The van der Waals surface area contributed by atoms with Gasteiger partial charge in [-0.05, 0) is 38.1 Å². The van der Waals surface area contributed by atoms with Crippen LogP contribution in [0.4, 0.5) is 0 Å². The van der Waals surface area contributed by atoms with Gasteiger partial charge in [-0.25, -0.2) is 0 Å². The van der Waals surface area contributed by atoms with E-state index in [0.717, 1.165) is 15.6 Å². The first-order valence-corrected chi connectivity index (χ1v) is 9.28. The van der Waals surface area contributed by atoms with Gasteiger partial charge in [0, 0.05) is 17.1 Å². The molecule has 0 bridgehead atoms. The molecule has 0 unspecified atom stereocenters. The van der Waals surface area contributed by atoms with Gasteiger partial charge in [0.2, 0.25) is 11.7 Å². The zero-order chi connectivity index (χ0) is 19.4. The number of aryl methyl sites for hydroxylation is 1. The number of nitrogens with zero attached hydrogens (tertiary/aromatic N) is 3. The average molecular weight is 430 g/mol. The minimum Gasteiger partial charge on any atom is -0.481 e. The molecule has 0 saturated heterocycles. The molecule has 1 atom stereocenters. The largest absolute Gasteiger partial charge is 0.481 e. The van der Waals surface area contributed by atoms with E-state index in [1.807, 2.05) is 55.5 Å². The standard InChI is InChI=1S/C20H20BrN3O3/c1-13-7-9-17(10-8-13)26-14(2)20(25)24(3)12-18-22-19(23-27-18)15-5-4-6-16(21)11-15/h4-11,14H,12H2,1-3H3/t14-/m0/s1. The highest BCUT2D eigenvalue weighted by Crippen LogP contribution is 2.21. The van der Waals surface area contributed by atoms with Gasteiger partial charge < -0.3 is 14.2 Å². The Bertz CT molecular complexity index is 924. The first kappa shape index (κ1) is 19.1. The summed E-state index contributed by atoms with van der Waals surface area (Å²) in [5, 5.41) is 3.98. The third-order valence-corrected chi connectivity index (χ3v) is 4.47. The van der Waals surface area contributed by atoms with E-state index >= 15 is 0 Å². The summed E-state index contributed by atoms with van der Waals surface area (Å²) in [5.74, 6) is 1.34. The van der Waals surface area contributed by atoms with Gasteiger partial charge in [0.15, 0.2) is 6.10 Å².